The highest BCUT2D eigenvalue weighted by atomic mass is 32.1. The molecule has 426 valence electrons. The van der Waals surface area contributed by atoms with Crippen LogP contribution in [-0.4, -0.2) is 0 Å². The minimum atomic E-state index is 0.260. The fourth-order valence-electron chi connectivity index (χ4n) is 7.47. The van der Waals surface area contributed by atoms with Crippen molar-refractivity contribution in [3.63, 3.8) is 0 Å². The average molecular weight is 1170 g/mol. The number of thiophene rings is 6. The zero-order valence-electron chi connectivity index (χ0n) is 52.0. The summed E-state index contributed by atoms with van der Waals surface area (Å²) in [5.41, 5.74) is 7.33. The number of rotatable bonds is 4. The van der Waals surface area contributed by atoms with Gasteiger partial charge in [-0.15, -0.1) is 68.0 Å². The molecule has 6 heterocycles. The van der Waals surface area contributed by atoms with Gasteiger partial charge in [0.15, 0.2) is 0 Å². The molecule has 12 aromatic rings. The minimum Gasteiger partial charge on any atom is -0.144 e. The van der Waals surface area contributed by atoms with Crippen LogP contribution in [0.1, 0.15) is 172 Å². The van der Waals surface area contributed by atoms with E-state index in [1.807, 2.05) is 106 Å². The molecule has 12 rings (SSSR count). The van der Waals surface area contributed by atoms with Gasteiger partial charge in [-0.25, -0.2) is 0 Å². The molecule has 0 unspecified atom stereocenters. The molecule has 6 aromatic heterocycles. The smallest absolute Gasteiger partial charge is 0.0342 e. The second-order valence-electron chi connectivity index (χ2n) is 17.9. The van der Waals surface area contributed by atoms with Gasteiger partial charge < -0.3 is 0 Å². The van der Waals surface area contributed by atoms with Gasteiger partial charge in [0, 0.05) is 28.2 Å². The fourth-order valence-corrected chi connectivity index (χ4v) is 12.1. The van der Waals surface area contributed by atoms with E-state index >= 15 is 0 Å². The molecule has 0 aliphatic carbocycles. The lowest BCUT2D eigenvalue weighted by Crippen LogP contribution is -2.10. The summed E-state index contributed by atoms with van der Waals surface area (Å²) in [5, 5.41) is 21.1. The van der Waals surface area contributed by atoms with E-state index in [0.717, 1.165) is 6.42 Å². The molecule has 6 aromatic carbocycles. The number of hydrogen-bond donors (Lipinski definition) is 0. The largest absolute Gasteiger partial charge is 0.144 e. The van der Waals surface area contributed by atoms with Gasteiger partial charge in [-0.1, -0.05) is 216 Å². The standard InChI is InChI=1S/C12H14S.2C11H12S.C10H10S.C9H8S.C8H6S.6C2H6/c1-12(2,3)10-4-5-11-9(8-10)6-7-13-11;1-8(2)9-3-4-11-10(7-9)5-6-12-11;1-2-3-9-4-5-11-10(8-9)6-7-12-11;1-2-8-3-4-10-9(7-8)5-6-11-10;1-7-2-3-9-8(6-7)4-5-10-9;1-2-4-8-7(3-1)5-6-9-8;6*1-2/h4-8H,1-3H3;3-8H,1-2H3;4-8H,2-3H2,1H3;3-7H,2H2,1H3;2-6H,1H3;1-6H;6*1-2H3. The molecule has 0 spiro atoms. The zero-order chi connectivity index (χ0) is 59.2. The van der Waals surface area contributed by atoms with Crippen LogP contribution in [-0.2, 0) is 18.3 Å². The van der Waals surface area contributed by atoms with Crippen molar-refractivity contribution in [1.29, 1.82) is 0 Å². The maximum absolute atomic E-state index is 2.30. The van der Waals surface area contributed by atoms with Crippen molar-refractivity contribution in [2.24, 2.45) is 0 Å². The average Bonchev–Trinajstić information content (AvgIpc) is 4.39. The fraction of sp³-hybridized carbons (Fsp3) is 0.342. The number of benzene rings is 6. The van der Waals surface area contributed by atoms with Crippen LogP contribution in [0, 0.1) is 6.92 Å². The summed E-state index contributed by atoms with van der Waals surface area (Å²) in [7, 11) is 0. The van der Waals surface area contributed by atoms with Crippen LogP contribution in [0.3, 0.4) is 0 Å². The quantitative estimate of drug-likeness (QED) is 0.165. The first kappa shape index (κ1) is 72.1. The maximum atomic E-state index is 2.30. The predicted octanol–water partition coefficient (Wildman–Crippen LogP) is 27.8. The lowest BCUT2D eigenvalue weighted by Gasteiger charge is -2.18. The summed E-state index contributed by atoms with van der Waals surface area (Å²) in [6.45, 7) is 41.7. The third kappa shape index (κ3) is 24.8. The topological polar surface area (TPSA) is 0 Å². The summed E-state index contributed by atoms with van der Waals surface area (Å²) in [6, 6.07) is 54.9. The highest BCUT2D eigenvalue weighted by Gasteiger charge is 2.13. The second kappa shape index (κ2) is 42.0. The second-order valence-corrected chi connectivity index (χ2v) is 23.6. The summed E-state index contributed by atoms with van der Waals surface area (Å²) in [6.07, 6.45) is 3.56. The summed E-state index contributed by atoms with van der Waals surface area (Å²) < 4.78 is 8.31. The van der Waals surface area contributed by atoms with Crippen molar-refractivity contribution in [1.82, 2.24) is 0 Å². The maximum Gasteiger partial charge on any atom is 0.0342 e. The van der Waals surface area contributed by atoms with Crippen molar-refractivity contribution >= 4 is 129 Å². The van der Waals surface area contributed by atoms with Gasteiger partial charge in [0.2, 0.25) is 0 Å². The van der Waals surface area contributed by atoms with Gasteiger partial charge in [0.05, 0.1) is 0 Å². The molecule has 0 aliphatic heterocycles. The Labute approximate surface area is 505 Å². The van der Waals surface area contributed by atoms with Gasteiger partial charge in [-0.3, -0.25) is 0 Å². The zero-order valence-corrected chi connectivity index (χ0v) is 56.9. The Hall–Kier alpha value is -4.92. The Morgan fingerprint density at radius 2 is 0.709 bits per heavy atom. The van der Waals surface area contributed by atoms with Crippen molar-refractivity contribution in [2.75, 3.05) is 0 Å². The molecule has 0 aliphatic rings. The van der Waals surface area contributed by atoms with E-state index in [1.54, 1.807) is 45.3 Å². The van der Waals surface area contributed by atoms with Crippen molar-refractivity contribution < 1.29 is 0 Å². The first-order valence-electron chi connectivity index (χ1n) is 29.2. The van der Waals surface area contributed by atoms with Crippen molar-refractivity contribution in [3.05, 3.63) is 212 Å². The van der Waals surface area contributed by atoms with Gasteiger partial charge in [-0.2, -0.15) is 0 Å². The van der Waals surface area contributed by atoms with Gasteiger partial charge in [0.1, 0.15) is 0 Å². The Kier molecular flexibility index (Phi) is 38.3. The minimum absolute atomic E-state index is 0.260. The van der Waals surface area contributed by atoms with Crippen molar-refractivity contribution in [3.8, 4) is 0 Å². The third-order valence-corrected chi connectivity index (χ3v) is 16.8. The highest BCUT2D eigenvalue weighted by Crippen LogP contribution is 2.29. The van der Waals surface area contributed by atoms with E-state index < -0.39 is 0 Å². The molecule has 0 saturated carbocycles. The number of aryl methyl sites for hydroxylation is 3. The van der Waals surface area contributed by atoms with Gasteiger partial charge >= 0.3 is 0 Å². The van der Waals surface area contributed by atoms with Crippen LogP contribution < -0.4 is 0 Å². The van der Waals surface area contributed by atoms with Crippen molar-refractivity contribution in [2.45, 2.75) is 169 Å². The Morgan fingerprint density at radius 1 is 0.354 bits per heavy atom. The predicted molar refractivity (Wildman–Crippen MR) is 380 cm³/mol. The van der Waals surface area contributed by atoms with Crippen LogP contribution in [0.15, 0.2) is 184 Å². The monoisotopic (exact) mass is 1170 g/mol. The van der Waals surface area contributed by atoms with Crippen LogP contribution >= 0.6 is 68.0 Å². The molecule has 0 nitrogen and oxygen atoms in total. The van der Waals surface area contributed by atoms with Crippen LogP contribution in [0.25, 0.3) is 60.5 Å². The van der Waals surface area contributed by atoms with E-state index in [9.17, 15) is 0 Å². The highest BCUT2D eigenvalue weighted by molar-refractivity contribution is 7.18. The molecule has 0 saturated heterocycles. The molecule has 0 N–H and O–H groups in total. The summed E-state index contributed by atoms with van der Waals surface area (Å²) >= 11 is 10.8. The van der Waals surface area contributed by atoms with Gasteiger partial charge in [-0.05, 0) is 197 Å². The number of fused-ring (bicyclic) bond motifs is 6. The molecule has 0 bridgehead atoms. The lowest BCUT2D eigenvalue weighted by molar-refractivity contribution is 0.591. The summed E-state index contributed by atoms with van der Waals surface area (Å²) in [4.78, 5) is 0. The normalized spacial score (nSPS) is 9.78. The van der Waals surface area contributed by atoms with E-state index in [1.165, 1.54) is 101 Å². The van der Waals surface area contributed by atoms with Crippen LogP contribution in [0.5, 0.6) is 0 Å². The van der Waals surface area contributed by atoms with E-state index in [0.29, 0.717) is 5.92 Å². The van der Waals surface area contributed by atoms with E-state index in [2.05, 4.69) is 239 Å². The third-order valence-electron chi connectivity index (χ3n) is 11.4. The Bertz CT molecular complexity index is 3320. The molecular formula is C73H98S6. The lowest BCUT2D eigenvalue weighted by atomic mass is 9.87. The van der Waals surface area contributed by atoms with Gasteiger partial charge in [0.25, 0.3) is 0 Å². The first-order chi connectivity index (χ1) is 38.5. The van der Waals surface area contributed by atoms with Crippen LogP contribution in [0.4, 0.5) is 0 Å². The first-order valence-corrected chi connectivity index (χ1v) is 34.5. The summed E-state index contributed by atoms with van der Waals surface area (Å²) in [5.74, 6) is 0.634. The molecule has 0 amide bonds. The molecule has 79 heavy (non-hydrogen) atoms. The molecule has 6 heteroatoms. The Balaban J connectivity index is 0.000000457. The Morgan fingerprint density at radius 3 is 1.14 bits per heavy atom. The van der Waals surface area contributed by atoms with E-state index in [-0.39, 0.29) is 5.41 Å². The van der Waals surface area contributed by atoms with E-state index in [4.69, 9.17) is 0 Å². The molecule has 0 radical (unpaired) electrons. The van der Waals surface area contributed by atoms with Crippen LogP contribution in [0.2, 0.25) is 0 Å². The molecule has 0 atom stereocenters. The molecular weight excluding hydrogens is 1070 g/mol. The SMILES string of the molecule is CC.CC.CC.CC.CC.CC.CC(C)(C)c1ccc2sccc2c1.CC(C)c1ccc2sccc2c1.CCCc1ccc2sccc2c1.CCc1ccc2sccc2c1.Cc1ccc2sccc2c1.c1ccc2sccc2c1. The molecule has 0 fully saturated rings. The number of hydrogen-bond acceptors (Lipinski definition) is 6.